The maximum atomic E-state index is 11.3. The molecule has 1 aromatic carbocycles. The van der Waals surface area contributed by atoms with Crippen LogP contribution in [0.2, 0.25) is 0 Å². The molecule has 4 N–H and O–H groups in total. The van der Waals surface area contributed by atoms with Crippen LogP contribution in [0.3, 0.4) is 0 Å². The topological polar surface area (TPSA) is 98.7 Å². The lowest BCUT2D eigenvalue weighted by atomic mass is 10.3. The molecule has 92 valence electrons. The first kappa shape index (κ1) is 13.0. The molecule has 0 aliphatic heterocycles. The fourth-order valence-electron chi connectivity index (χ4n) is 1.17. The van der Waals surface area contributed by atoms with Crippen molar-refractivity contribution < 1.29 is 19.8 Å². The third kappa shape index (κ3) is 4.52. The number of amides is 1. The number of aliphatic hydroxyl groups excluding tert-OH is 1. The minimum Gasteiger partial charge on any atom is -0.480 e. The Hall–Kier alpha value is -2.08. The number of aliphatic carboxylic acids is 1. The molecule has 1 rings (SSSR count). The number of benzene rings is 1. The second-order valence-corrected chi connectivity index (χ2v) is 3.36. The zero-order valence-electron chi connectivity index (χ0n) is 9.09. The predicted octanol–water partition coefficient (Wildman–Crippen LogP) is -0.340. The number of hydrogen-bond acceptors (Lipinski definition) is 4. The lowest BCUT2D eigenvalue weighted by molar-refractivity contribution is -0.142. The van der Waals surface area contributed by atoms with E-state index in [4.69, 9.17) is 10.2 Å². The number of aliphatic hydroxyl groups is 1. The van der Waals surface area contributed by atoms with Crippen molar-refractivity contribution in [2.24, 2.45) is 0 Å². The Balaban J connectivity index is 2.37. The number of hydrogen-bond donors (Lipinski definition) is 4. The molecule has 0 spiro atoms. The SMILES string of the molecule is O=C(CNc1ccccc1)NC(CO)C(=O)O. The Kier molecular flexibility index (Phi) is 4.96. The standard InChI is InChI=1S/C11H14N2O4/c14-7-9(11(16)17)13-10(15)6-12-8-4-2-1-3-5-8/h1-5,9,12,14H,6-7H2,(H,13,15)(H,16,17). The highest BCUT2D eigenvalue weighted by molar-refractivity contribution is 5.86. The van der Waals surface area contributed by atoms with Crippen molar-refractivity contribution in [3.05, 3.63) is 30.3 Å². The van der Waals surface area contributed by atoms with Gasteiger partial charge in [-0.05, 0) is 12.1 Å². The maximum absolute atomic E-state index is 11.3. The molecule has 0 saturated heterocycles. The number of carboxylic acids is 1. The van der Waals surface area contributed by atoms with Gasteiger partial charge in [-0.1, -0.05) is 18.2 Å². The van der Waals surface area contributed by atoms with E-state index in [1.807, 2.05) is 18.2 Å². The third-order valence-electron chi connectivity index (χ3n) is 2.04. The first-order valence-corrected chi connectivity index (χ1v) is 5.05. The van der Waals surface area contributed by atoms with Gasteiger partial charge in [-0.2, -0.15) is 0 Å². The molecular weight excluding hydrogens is 224 g/mol. The van der Waals surface area contributed by atoms with E-state index in [0.717, 1.165) is 5.69 Å². The molecule has 0 bridgehead atoms. The number of carbonyl (C=O) groups excluding carboxylic acids is 1. The highest BCUT2D eigenvalue weighted by Crippen LogP contribution is 2.03. The van der Waals surface area contributed by atoms with Crippen molar-refractivity contribution >= 4 is 17.6 Å². The fraction of sp³-hybridized carbons (Fsp3) is 0.273. The molecule has 0 aliphatic rings. The monoisotopic (exact) mass is 238 g/mol. The predicted molar refractivity (Wildman–Crippen MR) is 61.6 cm³/mol. The van der Waals surface area contributed by atoms with Gasteiger partial charge in [0.15, 0.2) is 0 Å². The minimum atomic E-state index is -1.26. The van der Waals surface area contributed by atoms with E-state index in [1.165, 1.54) is 0 Å². The Bertz CT molecular complexity index is 380. The molecule has 1 atom stereocenters. The zero-order chi connectivity index (χ0) is 12.7. The average molecular weight is 238 g/mol. The summed E-state index contributed by atoms with van der Waals surface area (Å²) < 4.78 is 0. The Morgan fingerprint density at radius 1 is 1.24 bits per heavy atom. The highest BCUT2D eigenvalue weighted by atomic mass is 16.4. The largest absolute Gasteiger partial charge is 0.480 e. The quantitative estimate of drug-likeness (QED) is 0.543. The van der Waals surface area contributed by atoms with Gasteiger partial charge in [0.1, 0.15) is 6.04 Å². The van der Waals surface area contributed by atoms with Crippen molar-refractivity contribution in [3.63, 3.8) is 0 Å². The van der Waals surface area contributed by atoms with Crippen LogP contribution in [0.15, 0.2) is 30.3 Å². The summed E-state index contributed by atoms with van der Waals surface area (Å²) >= 11 is 0. The number of para-hydroxylation sites is 1. The molecule has 6 nitrogen and oxygen atoms in total. The van der Waals surface area contributed by atoms with E-state index in [2.05, 4.69) is 10.6 Å². The zero-order valence-corrected chi connectivity index (χ0v) is 9.09. The Morgan fingerprint density at radius 3 is 2.41 bits per heavy atom. The third-order valence-corrected chi connectivity index (χ3v) is 2.04. The van der Waals surface area contributed by atoms with Crippen molar-refractivity contribution in [2.75, 3.05) is 18.5 Å². The van der Waals surface area contributed by atoms with Gasteiger partial charge < -0.3 is 20.8 Å². The fourth-order valence-corrected chi connectivity index (χ4v) is 1.17. The van der Waals surface area contributed by atoms with E-state index in [-0.39, 0.29) is 6.54 Å². The summed E-state index contributed by atoms with van der Waals surface area (Å²) in [5, 5.41) is 22.3. The van der Waals surface area contributed by atoms with Crippen LogP contribution in [0.4, 0.5) is 5.69 Å². The van der Waals surface area contributed by atoms with E-state index in [1.54, 1.807) is 12.1 Å². The second-order valence-electron chi connectivity index (χ2n) is 3.36. The van der Waals surface area contributed by atoms with Crippen LogP contribution in [0.5, 0.6) is 0 Å². The highest BCUT2D eigenvalue weighted by Gasteiger charge is 2.18. The summed E-state index contributed by atoms with van der Waals surface area (Å²) in [4.78, 5) is 21.9. The molecule has 0 saturated carbocycles. The number of nitrogens with one attached hydrogen (secondary N) is 2. The van der Waals surface area contributed by atoms with E-state index in [0.29, 0.717) is 0 Å². The van der Waals surface area contributed by atoms with Crippen LogP contribution in [-0.4, -0.2) is 41.3 Å². The van der Waals surface area contributed by atoms with Gasteiger partial charge in [0.05, 0.1) is 13.2 Å². The number of rotatable bonds is 6. The first-order chi connectivity index (χ1) is 8.13. The summed E-state index contributed by atoms with van der Waals surface area (Å²) in [6, 6.07) is 7.78. The molecule has 0 fully saturated rings. The van der Waals surface area contributed by atoms with Gasteiger partial charge >= 0.3 is 5.97 Å². The van der Waals surface area contributed by atoms with Gasteiger partial charge in [0, 0.05) is 5.69 Å². The van der Waals surface area contributed by atoms with Crippen molar-refractivity contribution in [2.45, 2.75) is 6.04 Å². The first-order valence-electron chi connectivity index (χ1n) is 5.05. The van der Waals surface area contributed by atoms with Crippen LogP contribution in [0.25, 0.3) is 0 Å². The van der Waals surface area contributed by atoms with Crippen molar-refractivity contribution in [1.82, 2.24) is 5.32 Å². The summed E-state index contributed by atoms with van der Waals surface area (Å²) in [6.07, 6.45) is 0. The molecule has 0 radical (unpaired) electrons. The number of carbonyl (C=O) groups is 2. The molecule has 0 aliphatic carbocycles. The molecule has 6 heteroatoms. The van der Waals surface area contributed by atoms with Gasteiger partial charge in [0.25, 0.3) is 0 Å². The normalized spacial score (nSPS) is 11.6. The molecular formula is C11H14N2O4. The van der Waals surface area contributed by atoms with Crippen LogP contribution in [0.1, 0.15) is 0 Å². The van der Waals surface area contributed by atoms with Crippen molar-refractivity contribution in [3.8, 4) is 0 Å². The summed E-state index contributed by atoms with van der Waals surface area (Å²) in [5.41, 5.74) is 0.763. The van der Waals surface area contributed by atoms with Gasteiger partial charge in [-0.25, -0.2) is 4.79 Å². The van der Waals surface area contributed by atoms with E-state index < -0.39 is 24.5 Å². The number of carboxylic acid groups (broad SMARTS) is 1. The Labute approximate surface area is 98.3 Å². The molecule has 1 unspecified atom stereocenters. The lowest BCUT2D eigenvalue weighted by Crippen LogP contribution is -2.45. The molecule has 1 aromatic rings. The van der Waals surface area contributed by atoms with Crippen LogP contribution in [-0.2, 0) is 9.59 Å². The summed E-state index contributed by atoms with van der Waals surface area (Å²) in [6.45, 7) is -0.680. The van der Waals surface area contributed by atoms with E-state index >= 15 is 0 Å². The van der Waals surface area contributed by atoms with Gasteiger partial charge in [-0.3, -0.25) is 4.79 Å². The molecule has 0 aromatic heterocycles. The van der Waals surface area contributed by atoms with Crippen LogP contribution >= 0.6 is 0 Å². The van der Waals surface area contributed by atoms with Crippen molar-refractivity contribution in [1.29, 1.82) is 0 Å². The average Bonchev–Trinajstić information content (AvgIpc) is 2.34. The number of anilines is 1. The molecule has 0 heterocycles. The maximum Gasteiger partial charge on any atom is 0.328 e. The summed E-state index contributed by atoms with van der Waals surface area (Å²) in [7, 11) is 0. The van der Waals surface area contributed by atoms with Crippen LogP contribution in [0, 0.1) is 0 Å². The molecule has 17 heavy (non-hydrogen) atoms. The second kappa shape index (κ2) is 6.49. The lowest BCUT2D eigenvalue weighted by Gasteiger charge is -2.12. The minimum absolute atomic E-state index is 0.0478. The van der Waals surface area contributed by atoms with E-state index in [9.17, 15) is 9.59 Å². The molecule has 1 amide bonds. The Morgan fingerprint density at radius 2 is 1.88 bits per heavy atom. The van der Waals surface area contributed by atoms with Gasteiger partial charge in [-0.15, -0.1) is 0 Å². The van der Waals surface area contributed by atoms with Crippen LogP contribution < -0.4 is 10.6 Å². The smallest absolute Gasteiger partial charge is 0.328 e. The summed E-state index contributed by atoms with van der Waals surface area (Å²) in [5.74, 6) is -1.75. The van der Waals surface area contributed by atoms with Gasteiger partial charge in [0.2, 0.25) is 5.91 Å².